The van der Waals surface area contributed by atoms with E-state index < -0.39 is 0 Å². The van der Waals surface area contributed by atoms with Crippen LogP contribution in [0.15, 0.2) is 24.3 Å². The van der Waals surface area contributed by atoms with Crippen LogP contribution < -0.4 is 10.2 Å². The number of nitrogens with one attached hydrogen (secondary N) is 1. The molecule has 1 aromatic carbocycles. The highest BCUT2D eigenvalue weighted by Crippen LogP contribution is 2.19. The summed E-state index contributed by atoms with van der Waals surface area (Å²) in [6.45, 7) is 9.03. The molecule has 0 aromatic heterocycles. The van der Waals surface area contributed by atoms with Crippen LogP contribution in [-0.4, -0.2) is 33.4 Å². The molecule has 0 spiro atoms. The van der Waals surface area contributed by atoms with E-state index in [0.717, 1.165) is 32.8 Å². The monoisotopic (exact) mass is 236 g/mol. The van der Waals surface area contributed by atoms with Crippen LogP contribution in [-0.2, 0) is 11.3 Å². The minimum Gasteiger partial charge on any atom is -0.383 e. The van der Waals surface area contributed by atoms with Crippen molar-refractivity contribution in [2.45, 2.75) is 20.4 Å². The van der Waals surface area contributed by atoms with E-state index in [4.69, 9.17) is 4.74 Å². The Balaban J connectivity index is 2.63. The van der Waals surface area contributed by atoms with Crippen molar-refractivity contribution in [2.24, 2.45) is 0 Å². The zero-order valence-corrected chi connectivity index (χ0v) is 11.2. The van der Waals surface area contributed by atoms with Crippen molar-refractivity contribution in [3.8, 4) is 0 Å². The number of hydrogen-bond donors (Lipinski definition) is 1. The maximum Gasteiger partial charge on any atom is 0.0587 e. The SMILES string of the molecule is CCN(CC)c1ccccc1CNCCOC. The van der Waals surface area contributed by atoms with Crippen LogP contribution in [0.25, 0.3) is 0 Å². The molecule has 0 atom stereocenters. The van der Waals surface area contributed by atoms with Gasteiger partial charge in [0, 0.05) is 39.0 Å². The molecule has 0 aliphatic heterocycles. The average molecular weight is 236 g/mol. The first-order valence-corrected chi connectivity index (χ1v) is 6.36. The van der Waals surface area contributed by atoms with Gasteiger partial charge >= 0.3 is 0 Å². The molecule has 17 heavy (non-hydrogen) atoms. The maximum atomic E-state index is 5.03. The molecular formula is C14H24N2O. The number of rotatable bonds is 8. The van der Waals surface area contributed by atoms with Crippen LogP contribution in [0.3, 0.4) is 0 Å². The van der Waals surface area contributed by atoms with Gasteiger partial charge in [0.15, 0.2) is 0 Å². The second-order valence-electron chi connectivity index (χ2n) is 3.97. The summed E-state index contributed by atoms with van der Waals surface area (Å²) >= 11 is 0. The molecule has 3 heteroatoms. The minimum absolute atomic E-state index is 0.757. The van der Waals surface area contributed by atoms with Crippen molar-refractivity contribution < 1.29 is 4.74 Å². The molecule has 96 valence electrons. The molecule has 0 bridgehead atoms. The van der Waals surface area contributed by atoms with Crippen molar-refractivity contribution in [2.75, 3.05) is 38.3 Å². The van der Waals surface area contributed by atoms with Gasteiger partial charge in [-0.1, -0.05) is 18.2 Å². The van der Waals surface area contributed by atoms with Gasteiger partial charge in [0.2, 0.25) is 0 Å². The summed E-state index contributed by atoms with van der Waals surface area (Å²) in [5.41, 5.74) is 2.69. The highest BCUT2D eigenvalue weighted by Gasteiger charge is 2.06. The van der Waals surface area contributed by atoms with Crippen molar-refractivity contribution >= 4 is 5.69 Å². The number of hydrogen-bond acceptors (Lipinski definition) is 3. The molecule has 1 rings (SSSR count). The largest absolute Gasteiger partial charge is 0.383 e. The normalized spacial score (nSPS) is 10.5. The Hall–Kier alpha value is -1.06. The summed E-state index contributed by atoms with van der Waals surface area (Å²) < 4.78 is 5.03. The van der Waals surface area contributed by atoms with E-state index in [1.807, 2.05) is 0 Å². The van der Waals surface area contributed by atoms with Gasteiger partial charge in [0.05, 0.1) is 6.61 Å². The lowest BCUT2D eigenvalue weighted by atomic mass is 10.1. The van der Waals surface area contributed by atoms with Gasteiger partial charge in [0.1, 0.15) is 0 Å². The lowest BCUT2D eigenvalue weighted by Gasteiger charge is -2.24. The van der Waals surface area contributed by atoms with Gasteiger partial charge in [-0.2, -0.15) is 0 Å². The van der Waals surface area contributed by atoms with E-state index in [2.05, 4.69) is 48.3 Å². The van der Waals surface area contributed by atoms with Crippen LogP contribution in [0, 0.1) is 0 Å². The van der Waals surface area contributed by atoms with Crippen LogP contribution >= 0.6 is 0 Å². The Kier molecular flexibility index (Phi) is 6.67. The number of para-hydroxylation sites is 1. The Labute approximate surface area is 105 Å². The molecule has 0 fully saturated rings. The first kappa shape index (κ1) is 14.0. The lowest BCUT2D eigenvalue weighted by molar-refractivity contribution is 0.199. The predicted octanol–water partition coefficient (Wildman–Crippen LogP) is 2.27. The van der Waals surface area contributed by atoms with Crippen molar-refractivity contribution in [3.63, 3.8) is 0 Å². The van der Waals surface area contributed by atoms with E-state index in [1.54, 1.807) is 7.11 Å². The molecule has 0 saturated carbocycles. The quantitative estimate of drug-likeness (QED) is 0.701. The molecule has 0 unspecified atom stereocenters. The second kappa shape index (κ2) is 8.09. The molecule has 1 N–H and O–H groups in total. The van der Waals surface area contributed by atoms with Gasteiger partial charge in [-0.15, -0.1) is 0 Å². The summed E-state index contributed by atoms with van der Waals surface area (Å²) in [6, 6.07) is 8.58. The Morgan fingerprint density at radius 1 is 1.18 bits per heavy atom. The number of nitrogens with zero attached hydrogens (tertiary/aromatic N) is 1. The number of benzene rings is 1. The van der Waals surface area contributed by atoms with Crippen LogP contribution in [0.4, 0.5) is 5.69 Å². The minimum atomic E-state index is 0.757. The molecule has 0 aliphatic carbocycles. The fraction of sp³-hybridized carbons (Fsp3) is 0.571. The van der Waals surface area contributed by atoms with E-state index >= 15 is 0 Å². The van der Waals surface area contributed by atoms with Crippen molar-refractivity contribution in [1.29, 1.82) is 0 Å². The first-order chi connectivity index (χ1) is 8.33. The summed E-state index contributed by atoms with van der Waals surface area (Å²) in [7, 11) is 1.73. The van der Waals surface area contributed by atoms with Gasteiger partial charge in [0.25, 0.3) is 0 Å². The summed E-state index contributed by atoms with van der Waals surface area (Å²) in [6.07, 6.45) is 0. The third-order valence-corrected chi connectivity index (χ3v) is 2.89. The highest BCUT2D eigenvalue weighted by molar-refractivity contribution is 5.53. The smallest absolute Gasteiger partial charge is 0.0587 e. The average Bonchev–Trinajstić information content (AvgIpc) is 2.38. The molecule has 0 radical (unpaired) electrons. The molecule has 3 nitrogen and oxygen atoms in total. The highest BCUT2D eigenvalue weighted by atomic mass is 16.5. The summed E-state index contributed by atoms with van der Waals surface area (Å²) in [5, 5.41) is 3.39. The molecule has 0 heterocycles. The van der Waals surface area contributed by atoms with Gasteiger partial charge in [-0.3, -0.25) is 0 Å². The molecule has 0 saturated heterocycles. The van der Waals surface area contributed by atoms with E-state index in [1.165, 1.54) is 11.3 Å². The maximum absolute atomic E-state index is 5.03. The van der Waals surface area contributed by atoms with E-state index in [0.29, 0.717) is 0 Å². The van der Waals surface area contributed by atoms with Crippen LogP contribution in [0.5, 0.6) is 0 Å². The molecule has 0 amide bonds. The topological polar surface area (TPSA) is 24.5 Å². The fourth-order valence-electron chi connectivity index (χ4n) is 1.93. The summed E-state index contributed by atoms with van der Waals surface area (Å²) in [4.78, 5) is 2.38. The second-order valence-corrected chi connectivity index (χ2v) is 3.97. The van der Waals surface area contributed by atoms with Gasteiger partial charge < -0.3 is 15.0 Å². The first-order valence-electron chi connectivity index (χ1n) is 6.36. The number of anilines is 1. The number of methoxy groups -OCH3 is 1. The zero-order valence-electron chi connectivity index (χ0n) is 11.2. The lowest BCUT2D eigenvalue weighted by Crippen LogP contribution is -2.25. The zero-order chi connectivity index (χ0) is 12.5. The van der Waals surface area contributed by atoms with Gasteiger partial charge in [-0.25, -0.2) is 0 Å². The third kappa shape index (κ3) is 4.36. The number of ether oxygens (including phenoxy) is 1. The molecule has 1 aromatic rings. The van der Waals surface area contributed by atoms with E-state index in [9.17, 15) is 0 Å². The van der Waals surface area contributed by atoms with Crippen LogP contribution in [0.2, 0.25) is 0 Å². The van der Waals surface area contributed by atoms with Crippen molar-refractivity contribution in [3.05, 3.63) is 29.8 Å². The standard InChI is InChI=1S/C14H24N2O/c1-4-16(5-2)14-9-7-6-8-13(14)12-15-10-11-17-3/h6-9,15H,4-5,10-12H2,1-3H3. The van der Waals surface area contributed by atoms with Crippen molar-refractivity contribution in [1.82, 2.24) is 5.32 Å². The van der Waals surface area contributed by atoms with Crippen LogP contribution in [0.1, 0.15) is 19.4 Å². The Morgan fingerprint density at radius 2 is 1.88 bits per heavy atom. The van der Waals surface area contributed by atoms with Gasteiger partial charge in [-0.05, 0) is 25.5 Å². The Bertz CT molecular complexity index is 311. The molecular weight excluding hydrogens is 212 g/mol. The predicted molar refractivity (Wildman–Crippen MR) is 73.6 cm³/mol. The Morgan fingerprint density at radius 3 is 2.53 bits per heavy atom. The van der Waals surface area contributed by atoms with E-state index in [-0.39, 0.29) is 0 Å². The third-order valence-electron chi connectivity index (χ3n) is 2.89. The fourth-order valence-corrected chi connectivity index (χ4v) is 1.93. The molecule has 0 aliphatic rings. The summed E-state index contributed by atoms with van der Waals surface area (Å²) in [5.74, 6) is 0.